The second-order valence-electron chi connectivity index (χ2n) is 8.01. The number of carbonyl (C=O) groups is 1. The van der Waals surface area contributed by atoms with Crippen molar-refractivity contribution in [2.24, 2.45) is 0 Å². The standard InChI is InChI=1S/C25H28N4O3/c26-22-13-18(21-12-19(14-28-24(21)27)16-8-10-32-11-9-16)6-7-20(22)25(31)29-23(15-30)17-4-2-1-3-5-17/h1-7,12-14,16,23,30H,8-11,15,26H2,(H2,27,28)(H,29,31). The van der Waals surface area contributed by atoms with Crippen LogP contribution in [0.4, 0.5) is 11.5 Å². The van der Waals surface area contributed by atoms with Crippen molar-refractivity contribution >= 4 is 17.4 Å². The van der Waals surface area contributed by atoms with Gasteiger partial charge in [-0.15, -0.1) is 0 Å². The Morgan fingerprint density at radius 3 is 2.56 bits per heavy atom. The van der Waals surface area contributed by atoms with Gasteiger partial charge in [0.15, 0.2) is 0 Å². The van der Waals surface area contributed by atoms with Crippen molar-refractivity contribution < 1.29 is 14.6 Å². The van der Waals surface area contributed by atoms with Crippen LogP contribution in [-0.4, -0.2) is 35.8 Å². The quantitative estimate of drug-likeness (QED) is 0.443. The second kappa shape index (κ2) is 9.80. The molecule has 1 atom stereocenters. The third-order valence-electron chi connectivity index (χ3n) is 5.93. The summed E-state index contributed by atoms with van der Waals surface area (Å²) < 4.78 is 5.46. The molecule has 6 N–H and O–H groups in total. The number of hydrogen-bond donors (Lipinski definition) is 4. The summed E-state index contributed by atoms with van der Waals surface area (Å²) in [6.07, 6.45) is 3.75. The predicted octanol–water partition coefficient (Wildman–Crippen LogP) is 3.27. The van der Waals surface area contributed by atoms with Crippen LogP contribution in [0, 0.1) is 0 Å². The van der Waals surface area contributed by atoms with Crippen LogP contribution in [0.15, 0.2) is 60.8 Å². The number of aliphatic hydroxyl groups is 1. The Labute approximate surface area is 187 Å². The zero-order chi connectivity index (χ0) is 22.5. The fraction of sp³-hybridized carbons (Fsp3) is 0.280. The lowest BCUT2D eigenvalue weighted by Crippen LogP contribution is -2.31. The number of aliphatic hydroxyl groups excluding tert-OH is 1. The van der Waals surface area contributed by atoms with Gasteiger partial charge in [0, 0.05) is 30.7 Å². The molecular formula is C25H28N4O3. The molecule has 1 fully saturated rings. The number of hydrogen-bond acceptors (Lipinski definition) is 6. The molecule has 0 aliphatic carbocycles. The molecule has 166 valence electrons. The monoisotopic (exact) mass is 432 g/mol. The van der Waals surface area contributed by atoms with E-state index in [-0.39, 0.29) is 12.5 Å². The van der Waals surface area contributed by atoms with E-state index in [9.17, 15) is 9.90 Å². The van der Waals surface area contributed by atoms with E-state index >= 15 is 0 Å². The lowest BCUT2D eigenvalue weighted by molar-refractivity contribution is 0.0853. The summed E-state index contributed by atoms with van der Waals surface area (Å²) in [7, 11) is 0. The number of nitrogens with two attached hydrogens (primary N) is 2. The van der Waals surface area contributed by atoms with Gasteiger partial charge >= 0.3 is 0 Å². The van der Waals surface area contributed by atoms with Crippen LogP contribution < -0.4 is 16.8 Å². The van der Waals surface area contributed by atoms with Crippen LogP contribution in [0.2, 0.25) is 0 Å². The van der Waals surface area contributed by atoms with Gasteiger partial charge in [-0.05, 0) is 53.6 Å². The molecular weight excluding hydrogens is 404 g/mol. The number of rotatable bonds is 6. The number of ether oxygens (including phenoxy) is 1. The number of carbonyl (C=O) groups excluding carboxylic acids is 1. The first-order valence-electron chi connectivity index (χ1n) is 10.8. The zero-order valence-electron chi connectivity index (χ0n) is 17.8. The molecule has 1 aromatic heterocycles. The van der Waals surface area contributed by atoms with Crippen molar-refractivity contribution in [1.29, 1.82) is 0 Å². The SMILES string of the molecule is Nc1cc(-c2cc(C3CCOCC3)cnc2N)ccc1C(=O)NC(CO)c1ccccc1. The number of pyridine rings is 1. The third kappa shape index (κ3) is 4.74. The maximum atomic E-state index is 12.8. The first-order valence-corrected chi connectivity index (χ1v) is 10.8. The van der Waals surface area contributed by atoms with Gasteiger partial charge in [0.05, 0.1) is 18.2 Å². The fourth-order valence-corrected chi connectivity index (χ4v) is 4.07. The fourth-order valence-electron chi connectivity index (χ4n) is 4.07. The largest absolute Gasteiger partial charge is 0.398 e. The first-order chi connectivity index (χ1) is 15.6. The molecule has 32 heavy (non-hydrogen) atoms. The molecule has 0 spiro atoms. The molecule has 4 rings (SSSR count). The Bertz CT molecular complexity index is 1080. The van der Waals surface area contributed by atoms with Crippen molar-refractivity contribution in [1.82, 2.24) is 10.3 Å². The van der Waals surface area contributed by atoms with Gasteiger partial charge in [-0.3, -0.25) is 4.79 Å². The van der Waals surface area contributed by atoms with Gasteiger partial charge < -0.3 is 26.6 Å². The van der Waals surface area contributed by atoms with E-state index in [0.29, 0.717) is 23.0 Å². The topological polar surface area (TPSA) is 123 Å². The highest BCUT2D eigenvalue weighted by Gasteiger charge is 2.20. The smallest absolute Gasteiger partial charge is 0.253 e. The second-order valence-corrected chi connectivity index (χ2v) is 8.01. The highest BCUT2D eigenvalue weighted by atomic mass is 16.5. The molecule has 1 amide bonds. The molecule has 3 aromatic rings. The first kappa shape index (κ1) is 21.8. The Kier molecular flexibility index (Phi) is 6.68. The van der Waals surface area contributed by atoms with Crippen molar-refractivity contribution in [3.63, 3.8) is 0 Å². The molecule has 7 heteroatoms. The Morgan fingerprint density at radius 1 is 1.12 bits per heavy atom. The zero-order valence-corrected chi connectivity index (χ0v) is 17.8. The Hall–Kier alpha value is -3.42. The van der Waals surface area contributed by atoms with Crippen LogP contribution in [0.1, 0.15) is 46.3 Å². The number of anilines is 2. The van der Waals surface area contributed by atoms with Crippen molar-refractivity contribution in [3.05, 3.63) is 77.5 Å². The normalized spacial score (nSPS) is 15.3. The van der Waals surface area contributed by atoms with Crippen LogP contribution in [0.3, 0.4) is 0 Å². The van der Waals surface area contributed by atoms with E-state index < -0.39 is 6.04 Å². The van der Waals surface area contributed by atoms with Gasteiger partial charge in [0.2, 0.25) is 0 Å². The van der Waals surface area contributed by atoms with Gasteiger partial charge in [-0.1, -0.05) is 36.4 Å². The number of amides is 1. The number of nitrogens with zero attached hydrogens (tertiary/aromatic N) is 1. The number of nitrogens with one attached hydrogen (secondary N) is 1. The third-order valence-corrected chi connectivity index (χ3v) is 5.93. The molecule has 1 unspecified atom stereocenters. The number of nitrogen functional groups attached to an aromatic ring is 2. The minimum absolute atomic E-state index is 0.213. The average molecular weight is 433 g/mol. The van der Waals surface area contributed by atoms with Crippen LogP contribution in [-0.2, 0) is 4.74 Å². The number of benzene rings is 2. The van der Waals surface area contributed by atoms with E-state index in [0.717, 1.165) is 48.3 Å². The molecule has 2 heterocycles. The van der Waals surface area contributed by atoms with Crippen molar-refractivity contribution in [3.8, 4) is 11.1 Å². The summed E-state index contributed by atoms with van der Waals surface area (Å²) in [5.74, 6) is 0.465. The van der Waals surface area contributed by atoms with Gasteiger partial charge in [0.1, 0.15) is 5.82 Å². The Morgan fingerprint density at radius 2 is 1.88 bits per heavy atom. The van der Waals surface area contributed by atoms with E-state index in [2.05, 4.69) is 16.4 Å². The molecule has 0 radical (unpaired) electrons. The van der Waals surface area contributed by atoms with Crippen LogP contribution >= 0.6 is 0 Å². The maximum absolute atomic E-state index is 12.8. The van der Waals surface area contributed by atoms with Gasteiger partial charge in [-0.25, -0.2) is 4.98 Å². The van der Waals surface area contributed by atoms with Crippen molar-refractivity contribution in [2.75, 3.05) is 31.3 Å². The van der Waals surface area contributed by atoms with Gasteiger partial charge in [0.25, 0.3) is 5.91 Å². The lowest BCUT2D eigenvalue weighted by Gasteiger charge is -2.23. The van der Waals surface area contributed by atoms with E-state index in [1.807, 2.05) is 42.6 Å². The summed E-state index contributed by atoms with van der Waals surface area (Å²) in [5, 5.41) is 12.6. The summed E-state index contributed by atoms with van der Waals surface area (Å²) in [4.78, 5) is 17.2. The minimum atomic E-state index is -0.515. The summed E-state index contributed by atoms with van der Waals surface area (Å²) in [5.41, 5.74) is 16.6. The Balaban J connectivity index is 1.56. The van der Waals surface area contributed by atoms with Crippen LogP contribution in [0.5, 0.6) is 0 Å². The van der Waals surface area contributed by atoms with Gasteiger partial charge in [-0.2, -0.15) is 0 Å². The summed E-state index contributed by atoms with van der Waals surface area (Å²) in [6.45, 7) is 1.28. The summed E-state index contributed by atoms with van der Waals surface area (Å²) in [6, 6.07) is 16.1. The highest BCUT2D eigenvalue weighted by molar-refractivity contribution is 6.00. The number of aromatic nitrogens is 1. The molecule has 7 nitrogen and oxygen atoms in total. The maximum Gasteiger partial charge on any atom is 0.253 e. The van der Waals surface area contributed by atoms with Crippen LogP contribution in [0.25, 0.3) is 11.1 Å². The summed E-state index contributed by atoms with van der Waals surface area (Å²) >= 11 is 0. The van der Waals surface area contributed by atoms with E-state index in [1.165, 1.54) is 0 Å². The molecule has 1 aliphatic heterocycles. The van der Waals surface area contributed by atoms with E-state index in [1.54, 1.807) is 12.1 Å². The van der Waals surface area contributed by atoms with Crippen molar-refractivity contribution in [2.45, 2.75) is 24.8 Å². The average Bonchev–Trinajstić information content (AvgIpc) is 2.83. The molecule has 1 saturated heterocycles. The lowest BCUT2D eigenvalue weighted by atomic mass is 9.91. The minimum Gasteiger partial charge on any atom is -0.398 e. The van der Waals surface area contributed by atoms with E-state index in [4.69, 9.17) is 16.2 Å². The highest BCUT2D eigenvalue weighted by Crippen LogP contribution is 2.33. The molecule has 1 aliphatic rings. The molecule has 2 aromatic carbocycles. The molecule has 0 bridgehead atoms. The molecule has 0 saturated carbocycles. The predicted molar refractivity (Wildman–Crippen MR) is 125 cm³/mol.